The van der Waals surface area contributed by atoms with Gasteiger partial charge in [-0.05, 0) is 26.0 Å². The lowest BCUT2D eigenvalue weighted by atomic mass is 10.0. The van der Waals surface area contributed by atoms with Gasteiger partial charge in [0, 0.05) is 13.1 Å². The highest BCUT2D eigenvalue weighted by molar-refractivity contribution is 5.82. The van der Waals surface area contributed by atoms with E-state index in [4.69, 9.17) is 5.11 Å². The summed E-state index contributed by atoms with van der Waals surface area (Å²) in [5.74, 6) is -2.37. The van der Waals surface area contributed by atoms with Crippen molar-refractivity contribution >= 4 is 11.7 Å². The van der Waals surface area contributed by atoms with Gasteiger partial charge in [0.2, 0.25) is 0 Å². The summed E-state index contributed by atoms with van der Waals surface area (Å²) in [6.45, 7) is 2.83. The number of aliphatic carboxylic acids is 1. The summed E-state index contributed by atoms with van der Waals surface area (Å²) in [5.41, 5.74) is -1.39. The van der Waals surface area contributed by atoms with Crippen molar-refractivity contribution in [2.75, 3.05) is 11.9 Å². The maximum Gasteiger partial charge on any atom is 0.328 e. The van der Waals surface area contributed by atoms with Gasteiger partial charge in [-0.2, -0.15) is 0 Å². The topological polar surface area (TPSA) is 40.5 Å². The van der Waals surface area contributed by atoms with E-state index in [1.165, 1.54) is 25.8 Å². The highest BCUT2D eigenvalue weighted by atomic mass is 19.1. The lowest BCUT2D eigenvalue weighted by Gasteiger charge is -2.33. The Morgan fingerprint density at radius 2 is 1.94 bits per heavy atom. The van der Waals surface area contributed by atoms with Gasteiger partial charge in [-0.25, -0.2) is 13.6 Å². The van der Waals surface area contributed by atoms with Gasteiger partial charge < -0.3 is 10.0 Å². The van der Waals surface area contributed by atoms with Crippen LogP contribution in [0, 0.1) is 11.6 Å². The predicted molar refractivity (Wildman–Crippen MR) is 56.5 cm³/mol. The van der Waals surface area contributed by atoms with Crippen LogP contribution in [0.25, 0.3) is 0 Å². The van der Waals surface area contributed by atoms with Crippen molar-refractivity contribution in [1.29, 1.82) is 0 Å². The smallest absolute Gasteiger partial charge is 0.328 e. The Morgan fingerprint density at radius 1 is 1.38 bits per heavy atom. The molecule has 0 saturated carbocycles. The highest BCUT2D eigenvalue weighted by Crippen LogP contribution is 2.26. The van der Waals surface area contributed by atoms with Crippen molar-refractivity contribution in [3.63, 3.8) is 0 Å². The van der Waals surface area contributed by atoms with Gasteiger partial charge in [0.1, 0.15) is 17.2 Å². The molecular weight excluding hydrogens is 216 g/mol. The van der Waals surface area contributed by atoms with Gasteiger partial charge in [-0.15, -0.1) is 0 Å². The molecule has 0 bridgehead atoms. The van der Waals surface area contributed by atoms with E-state index in [1.54, 1.807) is 0 Å². The molecule has 1 aromatic carbocycles. The summed E-state index contributed by atoms with van der Waals surface area (Å²) >= 11 is 0. The number of nitrogens with zero attached hydrogens (tertiary/aromatic N) is 1. The molecule has 0 atom stereocenters. The molecule has 0 saturated heterocycles. The van der Waals surface area contributed by atoms with E-state index in [0.717, 1.165) is 18.2 Å². The van der Waals surface area contributed by atoms with Crippen LogP contribution in [0.1, 0.15) is 13.8 Å². The molecule has 0 aliphatic heterocycles. The first kappa shape index (κ1) is 12.4. The summed E-state index contributed by atoms with van der Waals surface area (Å²) < 4.78 is 26.4. The maximum atomic E-state index is 13.4. The molecule has 0 aliphatic rings. The standard InChI is InChI=1S/C11H13F2NO2/c1-11(2,10(15)16)14(3)9-6-7(12)4-5-8(9)13/h4-6H,1-3H3,(H,15,16). The van der Waals surface area contributed by atoms with Gasteiger partial charge in [-0.1, -0.05) is 0 Å². The Morgan fingerprint density at radius 3 is 2.44 bits per heavy atom. The fourth-order valence-electron chi connectivity index (χ4n) is 1.19. The van der Waals surface area contributed by atoms with E-state index in [9.17, 15) is 13.6 Å². The third-order valence-corrected chi connectivity index (χ3v) is 2.63. The van der Waals surface area contributed by atoms with E-state index in [0.29, 0.717) is 0 Å². The molecule has 16 heavy (non-hydrogen) atoms. The molecule has 0 amide bonds. The van der Waals surface area contributed by atoms with Crippen molar-refractivity contribution < 1.29 is 18.7 Å². The van der Waals surface area contributed by atoms with E-state index < -0.39 is 23.1 Å². The molecule has 0 aromatic heterocycles. The zero-order chi connectivity index (χ0) is 12.5. The quantitative estimate of drug-likeness (QED) is 0.864. The number of rotatable bonds is 3. The molecule has 0 spiro atoms. The molecule has 0 aliphatic carbocycles. The predicted octanol–water partition coefficient (Wildman–Crippen LogP) is 2.26. The Hall–Kier alpha value is -1.65. The number of halogens is 2. The summed E-state index contributed by atoms with van der Waals surface area (Å²) in [4.78, 5) is 12.2. The second-order valence-corrected chi connectivity index (χ2v) is 4.02. The van der Waals surface area contributed by atoms with Crippen LogP contribution in [0.2, 0.25) is 0 Å². The number of anilines is 1. The lowest BCUT2D eigenvalue weighted by molar-refractivity contribution is -0.142. The molecule has 1 aromatic rings. The fraction of sp³-hybridized carbons (Fsp3) is 0.364. The van der Waals surface area contributed by atoms with Gasteiger partial charge >= 0.3 is 5.97 Å². The Kier molecular flexibility index (Phi) is 3.16. The minimum absolute atomic E-state index is 0.0765. The van der Waals surface area contributed by atoms with Crippen molar-refractivity contribution in [2.24, 2.45) is 0 Å². The molecule has 0 radical (unpaired) electrons. The van der Waals surface area contributed by atoms with Crippen molar-refractivity contribution in [1.82, 2.24) is 0 Å². The minimum atomic E-state index is -1.31. The summed E-state index contributed by atoms with van der Waals surface area (Å²) in [6.07, 6.45) is 0. The van der Waals surface area contributed by atoms with E-state index in [-0.39, 0.29) is 5.69 Å². The molecular formula is C11H13F2NO2. The molecule has 5 heteroatoms. The first-order valence-corrected chi connectivity index (χ1v) is 4.69. The molecule has 3 nitrogen and oxygen atoms in total. The van der Waals surface area contributed by atoms with Gasteiger partial charge in [0.05, 0.1) is 5.69 Å². The van der Waals surface area contributed by atoms with E-state index in [1.807, 2.05) is 0 Å². The van der Waals surface area contributed by atoms with Crippen molar-refractivity contribution in [2.45, 2.75) is 19.4 Å². The average molecular weight is 229 g/mol. The first-order chi connectivity index (χ1) is 7.26. The van der Waals surface area contributed by atoms with Crippen LogP contribution in [0.15, 0.2) is 18.2 Å². The second kappa shape index (κ2) is 4.08. The first-order valence-electron chi connectivity index (χ1n) is 4.69. The molecule has 0 unspecified atom stereocenters. The maximum absolute atomic E-state index is 13.4. The van der Waals surface area contributed by atoms with Crippen molar-refractivity contribution in [3.05, 3.63) is 29.8 Å². The zero-order valence-corrected chi connectivity index (χ0v) is 9.29. The van der Waals surface area contributed by atoms with E-state index in [2.05, 4.69) is 0 Å². The summed E-state index contributed by atoms with van der Waals surface area (Å²) in [5, 5.41) is 8.98. The third kappa shape index (κ3) is 2.13. The van der Waals surface area contributed by atoms with Crippen molar-refractivity contribution in [3.8, 4) is 0 Å². The van der Waals surface area contributed by atoms with Crippen LogP contribution >= 0.6 is 0 Å². The third-order valence-electron chi connectivity index (χ3n) is 2.63. The van der Waals surface area contributed by atoms with E-state index >= 15 is 0 Å². The molecule has 0 heterocycles. The fourth-order valence-corrected chi connectivity index (χ4v) is 1.19. The number of carboxylic acid groups (broad SMARTS) is 1. The van der Waals surface area contributed by atoms with Crippen LogP contribution < -0.4 is 4.90 Å². The summed E-state index contributed by atoms with van der Waals surface area (Å²) in [6, 6.07) is 2.93. The largest absolute Gasteiger partial charge is 0.480 e. The number of carbonyl (C=O) groups is 1. The number of hydrogen-bond acceptors (Lipinski definition) is 2. The van der Waals surface area contributed by atoms with Crippen LogP contribution in [0.3, 0.4) is 0 Å². The average Bonchev–Trinajstić information content (AvgIpc) is 2.20. The number of hydrogen-bond donors (Lipinski definition) is 1. The Balaban J connectivity index is 3.19. The van der Waals surface area contributed by atoms with Gasteiger partial charge in [0.25, 0.3) is 0 Å². The van der Waals surface area contributed by atoms with Crippen LogP contribution in [0.4, 0.5) is 14.5 Å². The number of likely N-dealkylation sites (N-methyl/N-ethyl adjacent to an activating group) is 1. The van der Waals surface area contributed by atoms with Gasteiger partial charge in [0.15, 0.2) is 0 Å². The number of carboxylic acids is 1. The lowest BCUT2D eigenvalue weighted by Crippen LogP contribution is -2.48. The normalized spacial score (nSPS) is 11.3. The van der Waals surface area contributed by atoms with Crippen LogP contribution in [-0.4, -0.2) is 23.7 Å². The Bertz CT molecular complexity index is 418. The number of benzene rings is 1. The summed E-state index contributed by atoms with van der Waals surface area (Å²) in [7, 11) is 1.41. The highest BCUT2D eigenvalue weighted by Gasteiger charge is 2.33. The van der Waals surface area contributed by atoms with Gasteiger partial charge in [-0.3, -0.25) is 0 Å². The zero-order valence-electron chi connectivity index (χ0n) is 9.29. The monoisotopic (exact) mass is 229 g/mol. The molecule has 88 valence electrons. The minimum Gasteiger partial charge on any atom is -0.480 e. The SMILES string of the molecule is CN(c1cc(F)ccc1F)C(C)(C)C(=O)O. The Labute approximate surface area is 92.3 Å². The molecule has 1 N–H and O–H groups in total. The van der Waals surface area contributed by atoms with Crippen LogP contribution in [-0.2, 0) is 4.79 Å². The van der Waals surface area contributed by atoms with Crippen LogP contribution in [0.5, 0.6) is 0 Å². The molecule has 1 rings (SSSR count). The molecule has 0 fully saturated rings. The second-order valence-electron chi connectivity index (χ2n) is 4.02.